The Hall–Kier alpha value is -2.20. The zero-order valence-corrected chi connectivity index (χ0v) is 15.2. The highest BCUT2D eigenvalue weighted by Gasteiger charge is 2.44. The molecule has 8 nitrogen and oxygen atoms in total. The van der Waals surface area contributed by atoms with Crippen molar-refractivity contribution in [2.24, 2.45) is 0 Å². The lowest BCUT2D eigenvalue weighted by molar-refractivity contribution is -0.277. The van der Waals surface area contributed by atoms with E-state index >= 15 is 0 Å². The molecule has 0 aromatic heterocycles. The third kappa shape index (κ3) is 4.12. The van der Waals surface area contributed by atoms with Gasteiger partial charge < -0.3 is 35.0 Å². The van der Waals surface area contributed by atoms with E-state index in [9.17, 15) is 25.2 Å². The lowest BCUT2D eigenvalue weighted by atomic mass is 9.99. The van der Waals surface area contributed by atoms with Gasteiger partial charge in [0.2, 0.25) is 6.29 Å². The Morgan fingerprint density at radius 2 is 1.71 bits per heavy atom. The van der Waals surface area contributed by atoms with Gasteiger partial charge >= 0.3 is 5.97 Å². The minimum absolute atomic E-state index is 0.155. The second kappa shape index (κ2) is 8.44. The summed E-state index contributed by atoms with van der Waals surface area (Å²) in [5, 5.41) is 48.1. The van der Waals surface area contributed by atoms with Crippen molar-refractivity contribution >= 4 is 17.6 Å². The average molecular weight is 411 g/mol. The van der Waals surface area contributed by atoms with Crippen molar-refractivity contribution in [3.8, 4) is 16.9 Å². The number of carbonyl (C=O) groups is 1. The summed E-state index contributed by atoms with van der Waals surface area (Å²) in [5.74, 6) is -0.791. The Labute approximate surface area is 165 Å². The molecule has 0 radical (unpaired) electrons. The van der Waals surface area contributed by atoms with Crippen LogP contribution in [-0.2, 0) is 4.74 Å². The first kappa shape index (κ1) is 20.5. The normalized spacial score (nSPS) is 27.4. The molecule has 2 aromatic carbocycles. The molecule has 3 rings (SSSR count). The first-order chi connectivity index (χ1) is 13.3. The van der Waals surface area contributed by atoms with Gasteiger partial charge in [0.15, 0.2) is 0 Å². The second-order valence-electron chi connectivity index (χ2n) is 6.34. The van der Waals surface area contributed by atoms with Gasteiger partial charge in [0.25, 0.3) is 0 Å². The molecule has 0 amide bonds. The first-order valence-corrected chi connectivity index (χ1v) is 8.80. The maximum absolute atomic E-state index is 10.9. The summed E-state index contributed by atoms with van der Waals surface area (Å²) >= 11 is 6.30. The second-order valence-corrected chi connectivity index (χ2v) is 6.75. The number of aliphatic hydroxyl groups excluding tert-OH is 4. The molecule has 1 saturated heterocycles. The molecular weight excluding hydrogens is 392 g/mol. The molecular formula is C19H19ClO8. The molecule has 28 heavy (non-hydrogen) atoms. The van der Waals surface area contributed by atoms with Crippen LogP contribution in [-0.4, -0.2) is 68.8 Å². The molecule has 0 spiro atoms. The van der Waals surface area contributed by atoms with E-state index in [-0.39, 0.29) is 11.3 Å². The number of hydrogen-bond acceptors (Lipinski definition) is 7. The summed E-state index contributed by atoms with van der Waals surface area (Å²) in [5.41, 5.74) is 1.50. The third-order valence-corrected chi connectivity index (χ3v) is 4.80. The number of halogens is 1. The summed E-state index contributed by atoms with van der Waals surface area (Å²) in [6.45, 7) is -0.559. The maximum Gasteiger partial charge on any atom is 0.335 e. The summed E-state index contributed by atoms with van der Waals surface area (Å²) in [7, 11) is 0. The molecule has 0 aliphatic carbocycles. The molecule has 0 saturated carbocycles. The Morgan fingerprint density at radius 1 is 1.04 bits per heavy atom. The van der Waals surface area contributed by atoms with E-state index in [2.05, 4.69) is 0 Å². The van der Waals surface area contributed by atoms with Crippen molar-refractivity contribution in [2.75, 3.05) is 6.61 Å². The highest BCUT2D eigenvalue weighted by Crippen LogP contribution is 2.33. The summed E-state index contributed by atoms with van der Waals surface area (Å²) in [6.07, 6.45) is -6.93. The molecule has 1 heterocycles. The van der Waals surface area contributed by atoms with Crippen LogP contribution in [0.15, 0.2) is 42.5 Å². The molecule has 1 aliphatic heterocycles. The zero-order chi connectivity index (χ0) is 20.4. The average Bonchev–Trinajstić information content (AvgIpc) is 2.68. The number of rotatable bonds is 5. The van der Waals surface area contributed by atoms with Crippen LogP contribution >= 0.6 is 11.6 Å². The standard InChI is InChI=1S/C19H19ClO8/c20-13-7-11(27-19-17(24)16(23)15(22)14(8-21)28-19)5-6-12(13)9-1-3-10(4-2-9)18(25)26/h1-7,14-17,19,21-24H,8H2,(H,25,26)/t14-,15-,16+,17+,19-/m1/s1. The Kier molecular flexibility index (Phi) is 6.19. The molecule has 0 bridgehead atoms. The van der Waals surface area contributed by atoms with Gasteiger partial charge in [-0.15, -0.1) is 0 Å². The number of ether oxygens (including phenoxy) is 2. The highest BCUT2D eigenvalue weighted by molar-refractivity contribution is 6.33. The van der Waals surface area contributed by atoms with Gasteiger partial charge in [-0.3, -0.25) is 0 Å². The van der Waals surface area contributed by atoms with E-state index in [4.69, 9.17) is 26.2 Å². The van der Waals surface area contributed by atoms with Crippen molar-refractivity contribution < 1.29 is 39.8 Å². The lowest BCUT2D eigenvalue weighted by Crippen LogP contribution is -2.60. The number of aliphatic hydroxyl groups is 4. The number of hydrogen-bond donors (Lipinski definition) is 5. The largest absolute Gasteiger partial charge is 0.478 e. The molecule has 0 unspecified atom stereocenters. The molecule has 5 atom stereocenters. The minimum atomic E-state index is -1.54. The van der Waals surface area contributed by atoms with Crippen molar-refractivity contribution in [2.45, 2.75) is 30.7 Å². The van der Waals surface area contributed by atoms with E-state index in [0.29, 0.717) is 16.1 Å². The van der Waals surface area contributed by atoms with Crippen LogP contribution in [0.25, 0.3) is 11.1 Å². The fraction of sp³-hybridized carbons (Fsp3) is 0.316. The van der Waals surface area contributed by atoms with Crippen molar-refractivity contribution in [3.63, 3.8) is 0 Å². The van der Waals surface area contributed by atoms with Crippen molar-refractivity contribution in [1.82, 2.24) is 0 Å². The molecule has 2 aromatic rings. The summed E-state index contributed by atoms with van der Waals surface area (Å²) in [4.78, 5) is 10.9. The smallest absolute Gasteiger partial charge is 0.335 e. The topological polar surface area (TPSA) is 137 Å². The van der Waals surface area contributed by atoms with Crippen LogP contribution in [0, 0.1) is 0 Å². The summed E-state index contributed by atoms with van der Waals surface area (Å²) < 4.78 is 10.8. The van der Waals surface area contributed by atoms with Crippen LogP contribution in [0.2, 0.25) is 5.02 Å². The summed E-state index contributed by atoms with van der Waals surface area (Å²) in [6, 6.07) is 10.9. The van der Waals surface area contributed by atoms with E-state index < -0.39 is 43.3 Å². The molecule has 1 fully saturated rings. The molecule has 150 valence electrons. The number of carboxylic acid groups (broad SMARTS) is 1. The van der Waals surface area contributed by atoms with Gasteiger partial charge in [0, 0.05) is 5.56 Å². The van der Waals surface area contributed by atoms with Crippen molar-refractivity contribution in [1.29, 1.82) is 0 Å². The van der Waals surface area contributed by atoms with E-state index in [1.165, 1.54) is 18.2 Å². The fourth-order valence-electron chi connectivity index (χ4n) is 2.89. The Morgan fingerprint density at radius 3 is 2.29 bits per heavy atom. The van der Waals surface area contributed by atoms with E-state index in [1.54, 1.807) is 24.3 Å². The maximum atomic E-state index is 10.9. The van der Waals surface area contributed by atoms with Crippen LogP contribution in [0.5, 0.6) is 5.75 Å². The predicted octanol–water partition coefficient (Wildman–Crippen LogP) is 0.884. The first-order valence-electron chi connectivity index (χ1n) is 8.42. The monoisotopic (exact) mass is 410 g/mol. The molecule has 5 N–H and O–H groups in total. The number of aromatic carboxylic acids is 1. The Bertz CT molecular complexity index is 838. The van der Waals surface area contributed by atoms with Crippen LogP contribution in [0.1, 0.15) is 10.4 Å². The fourth-order valence-corrected chi connectivity index (χ4v) is 3.17. The SMILES string of the molecule is O=C(O)c1ccc(-c2ccc(O[C@@H]3O[C@H](CO)[C@@H](O)[C@H](O)[C@@H]3O)cc2Cl)cc1. The Balaban J connectivity index is 1.78. The third-order valence-electron chi connectivity index (χ3n) is 4.48. The minimum Gasteiger partial charge on any atom is -0.478 e. The van der Waals surface area contributed by atoms with E-state index in [0.717, 1.165) is 0 Å². The van der Waals surface area contributed by atoms with Gasteiger partial charge in [0.1, 0.15) is 30.2 Å². The van der Waals surface area contributed by atoms with Gasteiger partial charge in [-0.05, 0) is 35.9 Å². The zero-order valence-electron chi connectivity index (χ0n) is 14.5. The van der Waals surface area contributed by atoms with Gasteiger partial charge in [0.05, 0.1) is 17.2 Å². The predicted molar refractivity (Wildman–Crippen MR) is 98.2 cm³/mol. The van der Waals surface area contributed by atoms with Crippen LogP contribution in [0.4, 0.5) is 0 Å². The van der Waals surface area contributed by atoms with Gasteiger partial charge in [-0.25, -0.2) is 4.79 Å². The van der Waals surface area contributed by atoms with Gasteiger partial charge in [-0.2, -0.15) is 0 Å². The lowest BCUT2D eigenvalue weighted by Gasteiger charge is -2.39. The molecule has 1 aliphatic rings. The van der Waals surface area contributed by atoms with Crippen LogP contribution < -0.4 is 4.74 Å². The van der Waals surface area contributed by atoms with Crippen molar-refractivity contribution in [3.05, 3.63) is 53.1 Å². The number of benzene rings is 2. The molecule has 9 heteroatoms. The van der Waals surface area contributed by atoms with Gasteiger partial charge in [-0.1, -0.05) is 23.7 Å². The van der Waals surface area contributed by atoms with E-state index in [1.807, 2.05) is 0 Å². The van der Waals surface area contributed by atoms with Crippen LogP contribution in [0.3, 0.4) is 0 Å². The quantitative estimate of drug-likeness (QED) is 0.490. The number of carboxylic acids is 1. The highest BCUT2D eigenvalue weighted by atomic mass is 35.5.